The Balaban J connectivity index is 1.59. The molecule has 0 spiro atoms. The number of imide groups is 1. The standard InChI is InChI=1S/C22H22N2O6S/c1-29-22(28)14-6-8-15(9-7-14)24-19(25)12-17(20(24)26)23(13-16-4-2-10-30-16)21(27)18-5-3-11-31-18/h3,5-9,11,16-17H,2,4,10,12-13H2,1H3. The molecular weight excluding hydrogens is 420 g/mol. The minimum atomic E-state index is -0.897. The highest BCUT2D eigenvalue weighted by Crippen LogP contribution is 2.29. The Hall–Kier alpha value is -3.04. The molecule has 3 heterocycles. The number of ether oxygens (including phenoxy) is 2. The molecule has 1 aromatic heterocycles. The number of carbonyl (C=O) groups is 4. The highest BCUT2D eigenvalue weighted by atomic mass is 32.1. The molecule has 2 fully saturated rings. The molecule has 2 unspecified atom stereocenters. The number of rotatable bonds is 6. The molecule has 0 saturated carbocycles. The summed E-state index contributed by atoms with van der Waals surface area (Å²) < 4.78 is 10.4. The van der Waals surface area contributed by atoms with Crippen LogP contribution in [0.4, 0.5) is 5.69 Å². The second kappa shape index (κ2) is 8.99. The summed E-state index contributed by atoms with van der Waals surface area (Å²) in [6, 6.07) is 8.63. The number of anilines is 1. The Labute approximate surface area is 183 Å². The van der Waals surface area contributed by atoms with Gasteiger partial charge in [0.25, 0.3) is 11.8 Å². The van der Waals surface area contributed by atoms with Gasteiger partial charge in [-0.1, -0.05) is 6.07 Å². The Kier molecular flexibility index (Phi) is 6.15. The number of methoxy groups -OCH3 is 1. The average molecular weight is 442 g/mol. The number of hydrogen-bond acceptors (Lipinski definition) is 7. The van der Waals surface area contributed by atoms with Crippen LogP contribution in [-0.2, 0) is 19.1 Å². The summed E-state index contributed by atoms with van der Waals surface area (Å²) in [7, 11) is 1.28. The van der Waals surface area contributed by atoms with Gasteiger partial charge in [-0.15, -0.1) is 11.3 Å². The van der Waals surface area contributed by atoms with Gasteiger partial charge in [-0.25, -0.2) is 9.69 Å². The lowest BCUT2D eigenvalue weighted by Gasteiger charge is -2.29. The summed E-state index contributed by atoms with van der Waals surface area (Å²) in [6.45, 7) is 0.886. The van der Waals surface area contributed by atoms with E-state index in [4.69, 9.17) is 4.74 Å². The molecule has 162 valence electrons. The monoisotopic (exact) mass is 442 g/mol. The molecule has 0 radical (unpaired) electrons. The number of hydrogen-bond donors (Lipinski definition) is 0. The van der Waals surface area contributed by atoms with E-state index in [2.05, 4.69) is 4.74 Å². The molecule has 2 aliphatic heterocycles. The summed E-state index contributed by atoms with van der Waals surface area (Å²) in [4.78, 5) is 53.9. The summed E-state index contributed by atoms with van der Waals surface area (Å²) >= 11 is 1.30. The smallest absolute Gasteiger partial charge is 0.337 e. The first-order chi connectivity index (χ1) is 15.0. The lowest BCUT2D eigenvalue weighted by molar-refractivity contribution is -0.122. The molecule has 3 amide bonds. The van der Waals surface area contributed by atoms with Gasteiger partial charge in [-0.2, -0.15) is 0 Å². The van der Waals surface area contributed by atoms with Crippen molar-refractivity contribution < 1.29 is 28.7 Å². The van der Waals surface area contributed by atoms with E-state index in [9.17, 15) is 19.2 Å². The first kappa shape index (κ1) is 21.2. The summed E-state index contributed by atoms with van der Waals surface area (Å²) in [5, 5.41) is 1.80. The number of thiophene rings is 1. The van der Waals surface area contributed by atoms with Crippen LogP contribution >= 0.6 is 11.3 Å². The van der Waals surface area contributed by atoms with Crippen LogP contribution in [0.5, 0.6) is 0 Å². The van der Waals surface area contributed by atoms with Crippen molar-refractivity contribution in [1.82, 2.24) is 4.90 Å². The van der Waals surface area contributed by atoms with Crippen molar-refractivity contribution in [3.05, 3.63) is 52.2 Å². The third kappa shape index (κ3) is 4.24. The van der Waals surface area contributed by atoms with Crippen molar-refractivity contribution in [2.45, 2.75) is 31.4 Å². The number of benzene rings is 1. The van der Waals surface area contributed by atoms with Crippen LogP contribution in [0, 0.1) is 0 Å². The molecule has 2 saturated heterocycles. The van der Waals surface area contributed by atoms with Crippen molar-refractivity contribution in [2.24, 2.45) is 0 Å². The van der Waals surface area contributed by atoms with Crippen LogP contribution in [0.15, 0.2) is 41.8 Å². The maximum atomic E-state index is 13.3. The lowest BCUT2D eigenvalue weighted by Crippen LogP contribution is -2.48. The highest BCUT2D eigenvalue weighted by molar-refractivity contribution is 7.12. The zero-order valence-corrected chi connectivity index (χ0v) is 17.8. The van der Waals surface area contributed by atoms with E-state index >= 15 is 0 Å². The van der Waals surface area contributed by atoms with Gasteiger partial charge < -0.3 is 14.4 Å². The number of carbonyl (C=O) groups excluding carboxylic acids is 4. The second-order valence-corrected chi connectivity index (χ2v) is 8.34. The van der Waals surface area contributed by atoms with E-state index in [1.165, 1.54) is 47.6 Å². The summed E-state index contributed by atoms with van der Waals surface area (Å²) in [6.07, 6.45) is 1.46. The van der Waals surface area contributed by atoms with Gasteiger partial charge in [-0.3, -0.25) is 14.4 Å². The Morgan fingerprint density at radius 1 is 1.23 bits per heavy atom. The van der Waals surface area contributed by atoms with Gasteiger partial charge in [0.1, 0.15) is 6.04 Å². The molecule has 2 aliphatic rings. The van der Waals surface area contributed by atoms with E-state index in [-0.39, 0.29) is 25.0 Å². The Morgan fingerprint density at radius 3 is 2.61 bits per heavy atom. The maximum absolute atomic E-state index is 13.3. The van der Waals surface area contributed by atoms with E-state index in [1.54, 1.807) is 17.5 Å². The fourth-order valence-corrected chi connectivity index (χ4v) is 4.58. The average Bonchev–Trinajstić information content (AvgIpc) is 3.54. The topological polar surface area (TPSA) is 93.2 Å². The molecule has 2 atom stereocenters. The van der Waals surface area contributed by atoms with E-state index in [0.717, 1.165) is 17.7 Å². The largest absolute Gasteiger partial charge is 0.465 e. The fraction of sp³-hybridized carbons (Fsp3) is 0.364. The predicted octanol–water partition coefficient (Wildman–Crippen LogP) is 2.49. The molecule has 0 N–H and O–H groups in total. The number of esters is 1. The third-order valence-electron chi connectivity index (χ3n) is 5.46. The Bertz CT molecular complexity index is 982. The molecule has 8 nitrogen and oxygen atoms in total. The van der Waals surface area contributed by atoms with Gasteiger partial charge in [0.15, 0.2) is 0 Å². The number of nitrogens with zero attached hydrogens (tertiary/aromatic N) is 2. The normalized spacial score (nSPS) is 20.9. The summed E-state index contributed by atoms with van der Waals surface area (Å²) in [5.74, 6) is -1.64. The van der Waals surface area contributed by atoms with Gasteiger partial charge in [0.05, 0.1) is 35.8 Å². The molecule has 0 aliphatic carbocycles. The highest BCUT2D eigenvalue weighted by Gasteiger charge is 2.45. The van der Waals surface area contributed by atoms with E-state index in [1.807, 2.05) is 0 Å². The van der Waals surface area contributed by atoms with E-state index in [0.29, 0.717) is 22.7 Å². The van der Waals surface area contributed by atoms with Crippen molar-refractivity contribution in [3.63, 3.8) is 0 Å². The van der Waals surface area contributed by atoms with Gasteiger partial charge >= 0.3 is 5.97 Å². The quantitative estimate of drug-likeness (QED) is 0.504. The molecule has 4 rings (SSSR count). The third-order valence-corrected chi connectivity index (χ3v) is 6.32. The van der Waals surface area contributed by atoms with Crippen molar-refractivity contribution in [2.75, 3.05) is 25.2 Å². The van der Waals surface area contributed by atoms with E-state index < -0.39 is 23.8 Å². The van der Waals surface area contributed by atoms with Crippen LogP contribution in [0.1, 0.15) is 39.3 Å². The first-order valence-corrected chi connectivity index (χ1v) is 10.9. The van der Waals surface area contributed by atoms with Gasteiger partial charge in [0, 0.05) is 13.2 Å². The van der Waals surface area contributed by atoms with Crippen molar-refractivity contribution >= 4 is 40.7 Å². The molecule has 2 aromatic rings. The van der Waals surface area contributed by atoms with Gasteiger partial charge in [0.2, 0.25) is 5.91 Å². The zero-order chi connectivity index (χ0) is 22.0. The number of amides is 3. The van der Waals surface area contributed by atoms with Crippen molar-refractivity contribution in [3.8, 4) is 0 Å². The van der Waals surface area contributed by atoms with Crippen molar-refractivity contribution in [1.29, 1.82) is 0 Å². The minimum absolute atomic E-state index is 0.0958. The van der Waals surface area contributed by atoms with Crippen LogP contribution in [0.25, 0.3) is 0 Å². The van der Waals surface area contributed by atoms with Crippen LogP contribution in [-0.4, -0.2) is 61.0 Å². The molecule has 9 heteroatoms. The predicted molar refractivity (Wildman–Crippen MR) is 113 cm³/mol. The fourth-order valence-electron chi connectivity index (χ4n) is 3.90. The second-order valence-electron chi connectivity index (χ2n) is 7.40. The minimum Gasteiger partial charge on any atom is -0.465 e. The van der Waals surface area contributed by atoms with Gasteiger partial charge in [-0.05, 0) is 48.6 Å². The zero-order valence-electron chi connectivity index (χ0n) is 17.0. The maximum Gasteiger partial charge on any atom is 0.337 e. The summed E-state index contributed by atoms with van der Waals surface area (Å²) in [5.41, 5.74) is 0.667. The first-order valence-electron chi connectivity index (χ1n) is 10.0. The molecule has 1 aromatic carbocycles. The molecule has 31 heavy (non-hydrogen) atoms. The SMILES string of the molecule is COC(=O)c1ccc(N2C(=O)CC(N(CC3CCCO3)C(=O)c3cccs3)C2=O)cc1. The molecular formula is C22H22N2O6S. The Morgan fingerprint density at radius 2 is 2.00 bits per heavy atom. The van der Waals surface area contributed by atoms with Crippen LogP contribution in [0.2, 0.25) is 0 Å². The van der Waals surface area contributed by atoms with Crippen LogP contribution in [0.3, 0.4) is 0 Å². The molecule has 0 bridgehead atoms. The lowest BCUT2D eigenvalue weighted by atomic mass is 10.1. The van der Waals surface area contributed by atoms with Crippen LogP contribution < -0.4 is 4.90 Å².